The third kappa shape index (κ3) is 3.63. The highest BCUT2D eigenvalue weighted by atomic mass is 35.5. The van der Waals surface area contributed by atoms with E-state index in [4.69, 9.17) is 16.3 Å². The minimum Gasteiger partial charge on any atom is -0.381 e. The molecule has 5 heteroatoms. The zero-order valence-corrected chi connectivity index (χ0v) is 9.93. The number of hydrogen-bond donors (Lipinski definition) is 0. The van der Waals surface area contributed by atoms with E-state index in [2.05, 4.69) is 9.97 Å². The first kappa shape index (κ1) is 11.2. The summed E-state index contributed by atoms with van der Waals surface area (Å²) < 4.78 is 5.31. The van der Waals surface area contributed by atoms with Gasteiger partial charge in [-0.2, -0.15) is 11.8 Å². The van der Waals surface area contributed by atoms with Crippen molar-refractivity contribution in [2.45, 2.75) is 23.8 Å². The van der Waals surface area contributed by atoms with Crippen molar-refractivity contribution >= 4 is 23.4 Å². The summed E-state index contributed by atoms with van der Waals surface area (Å²) in [5, 5.41) is 1.16. The summed E-state index contributed by atoms with van der Waals surface area (Å²) in [6.07, 6.45) is 5.63. The van der Waals surface area contributed by atoms with Crippen molar-refractivity contribution in [1.29, 1.82) is 0 Å². The first-order valence-electron chi connectivity index (χ1n) is 5.00. The molecule has 1 aliphatic rings. The standard InChI is InChI=1S/C10H13ClN2OS/c11-10-6-12-8(5-13-10)7-15-9-1-3-14-4-2-9/h5-6,9H,1-4,7H2. The van der Waals surface area contributed by atoms with Gasteiger partial charge in [-0.1, -0.05) is 11.6 Å². The molecule has 0 aliphatic carbocycles. The minimum atomic E-state index is 0.454. The second-order valence-corrected chi connectivity index (χ2v) is 5.13. The normalized spacial score (nSPS) is 17.9. The van der Waals surface area contributed by atoms with E-state index in [0.717, 1.165) is 37.5 Å². The van der Waals surface area contributed by atoms with E-state index in [1.54, 1.807) is 12.4 Å². The number of ether oxygens (including phenoxy) is 1. The predicted octanol–water partition coefficient (Wildman–Crippen LogP) is 2.54. The SMILES string of the molecule is Clc1cnc(CSC2CCOCC2)cn1. The number of nitrogens with zero attached hydrogens (tertiary/aromatic N) is 2. The van der Waals surface area contributed by atoms with E-state index < -0.39 is 0 Å². The van der Waals surface area contributed by atoms with Gasteiger partial charge >= 0.3 is 0 Å². The van der Waals surface area contributed by atoms with Gasteiger partial charge < -0.3 is 4.74 Å². The van der Waals surface area contributed by atoms with Crippen LogP contribution in [0.25, 0.3) is 0 Å². The van der Waals surface area contributed by atoms with Crippen LogP contribution in [0.5, 0.6) is 0 Å². The summed E-state index contributed by atoms with van der Waals surface area (Å²) in [5.74, 6) is 0.912. The zero-order valence-electron chi connectivity index (χ0n) is 8.36. The minimum absolute atomic E-state index is 0.454. The van der Waals surface area contributed by atoms with E-state index >= 15 is 0 Å². The molecule has 0 radical (unpaired) electrons. The summed E-state index contributed by atoms with van der Waals surface area (Å²) in [5.41, 5.74) is 0.996. The maximum absolute atomic E-state index is 5.66. The topological polar surface area (TPSA) is 35.0 Å². The van der Waals surface area contributed by atoms with Gasteiger partial charge in [0.2, 0.25) is 0 Å². The molecule has 0 unspecified atom stereocenters. The Morgan fingerprint density at radius 3 is 2.80 bits per heavy atom. The van der Waals surface area contributed by atoms with Crippen LogP contribution in [0.3, 0.4) is 0 Å². The molecule has 2 heterocycles. The molecular weight excluding hydrogens is 232 g/mol. The predicted molar refractivity (Wildman–Crippen MR) is 62.2 cm³/mol. The summed E-state index contributed by atoms with van der Waals surface area (Å²) in [6, 6.07) is 0. The third-order valence-corrected chi connectivity index (χ3v) is 3.91. The maximum atomic E-state index is 5.66. The third-order valence-electron chi connectivity index (χ3n) is 2.31. The molecule has 2 rings (SSSR count). The summed E-state index contributed by atoms with van der Waals surface area (Å²) in [6.45, 7) is 1.79. The Hall–Kier alpha value is -0.320. The van der Waals surface area contributed by atoms with Crippen molar-refractivity contribution in [3.05, 3.63) is 23.2 Å². The molecule has 0 aromatic carbocycles. The highest BCUT2D eigenvalue weighted by Crippen LogP contribution is 2.24. The lowest BCUT2D eigenvalue weighted by atomic mass is 10.2. The largest absolute Gasteiger partial charge is 0.381 e. The van der Waals surface area contributed by atoms with E-state index in [0.29, 0.717) is 10.4 Å². The van der Waals surface area contributed by atoms with Gasteiger partial charge in [-0.25, -0.2) is 4.98 Å². The van der Waals surface area contributed by atoms with Crippen LogP contribution >= 0.6 is 23.4 Å². The number of hydrogen-bond acceptors (Lipinski definition) is 4. The highest BCUT2D eigenvalue weighted by molar-refractivity contribution is 7.99. The molecule has 1 aliphatic heterocycles. The van der Waals surface area contributed by atoms with Crippen molar-refractivity contribution in [3.8, 4) is 0 Å². The average molecular weight is 245 g/mol. The first-order chi connectivity index (χ1) is 7.34. The highest BCUT2D eigenvalue weighted by Gasteiger charge is 2.14. The molecule has 1 aromatic heterocycles. The lowest BCUT2D eigenvalue weighted by molar-refractivity contribution is 0.1000. The lowest BCUT2D eigenvalue weighted by Gasteiger charge is -2.21. The Labute approximate surface area is 98.6 Å². The van der Waals surface area contributed by atoms with Crippen molar-refractivity contribution in [1.82, 2.24) is 9.97 Å². The van der Waals surface area contributed by atoms with E-state index in [1.807, 2.05) is 11.8 Å². The first-order valence-corrected chi connectivity index (χ1v) is 6.43. The number of halogens is 1. The molecule has 82 valence electrons. The van der Waals surface area contributed by atoms with Crippen LogP contribution in [0.15, 0.2) is 12.4 Å². The van der Waals surface area contributed by atoms with Gasteiger partial charge in [-0.15, -0.1) is 0 Å². The van der Waals surface area contributed by atoms with Crippen molar-refractivity contribution in [2.75, 3.05) is 13.2 Å². The zero-order chi connectivity index (χ0) is 10.5. The Bertz CT molecular complexity index is 301. The van der Waals surface area contributed by atoms with Crippen LogP contribution in [0.4, 0.5) is 0 Å². The van der Waals surface area contributed by atoms with Crippen LogP contribution in [-0.2, 0) is 10.5 Å². The summed E-state index contributed by atoms with van der Waals surface area (Å²) >= 11 is 7.59. The molecular formula is C10H13ClN2OS. The molecule has 0 atom stereocenters. The van der Waals surface area contributed by atoms with Gasteiger partial charge in [0, 0.05) is 24.2 Å². The Balaban J connectivity index is 1.79. The molecule has 1 saturated heterocycles. The number of thioether (sulfide) groups is 1. The Morgan fingerprint density at radius 2 is 2.13 bits per heavy atom. The van der Waals surface area contributed by atoms with Crippen LogP contribution in [0, 0.1) is 0 Å². The second kappa shape index (κ2) is 5.68. The maximum Gasteiger partial charge on any atom is 0.147 e. The van der Waals surface area contributed by atoms with Gasteiger partial charge in [-0.05, 0) is 12.8 Å². The fourth-order valence-corrected chi connectivity index (χ4v) is 2.64. The van der Waals surface area contributed by atoms with E-state index in [9.17, 15) is 0 Å². The summed E-state index contributed by atoms with van der Waals surface area (Å²) in [4.78, 5) is 8.22. The Kier molecular flexibility index (Phi) is 4.23. The molecule has 3 nitrogen and oxygen atoms in total. The quantitative estimate of drug-likeness (QED) is 0.819. The van der Waals surface area contributed by atoms with E-state index in [-0.39, 0.29) is 0 Å². The second-order valence-electron chi connectivity index (χ2n) is 3.45. The fraction of sp³-hybridized carbons (Fsp3) is 0.600. The van der Waals surface area contributed by atoms with Crippen LogP contribution in [0.1, 0.15) is 18.5 Å². The molecule has 0 saturated carbocycles. The molecule has 0 amide bonds. The van der Waals surface area contributed by atoms with Crippen molar-refractivity contribution in [2.24, 2.45) is 0 Å². The monoisotopic (exact) mass is 244 g/mol. The van der Waals surface area contributed by atoms with E-state index in [1.165, 1.54) is 0 Å². The molecule has 1 aromatic rings. The van der Waals surface area contributed by atoms with Gasteiger partial charge in [0.05, 0.1) is 18.1 Å². The van der Waals surface area contributed by atoms with Crippen LogP contribution < -0.4 is 0 Å². The van der Waals surface area contributed by atoms with Gasteiger partial charge in [-0.3, -0.25) is 4.98 Å². The smallest absolute Gasteiger partial charge is 0.147 e. The lowest BCUT2D eigenvalue weighted by Crippen LogP contribution is -2.17. The fourth-order valence-electron chi connectivity index (χ4n) is 1.46. The van der Waals surface area contributed by atoms with Crippen molar-refractivity contribution in [3.63, 3.8) is 0 Å². The molecule has 0 spiro atoms. The van der Waals surface area contributed by atoms with Gasteiger partial charge in [0.1, 0.15) is 5.15 Å². The molecule has 15 heavy (non-hydrogen) atoms. The molecule has 1 fully saturated rings. The number of aromatic nitrogens is 2. The van der Waals surface area contributed by atoms with Crippen LogP contribution in [0.2, 0.25) is 5.15 Å². The van der Waals surface area contributed by atoms with Crippen molar-refractivity contribution < 1.29 is 4.74 Å². The molecule has 0 N–H and O–H groups in total. The van der Waals surface area contributed by atoms with Gasteiger partial charge in [0.15, 0.2) is 0 Å². The number of rotatable bonds is 3. The Morgan fingerprint density at radius 1 is 1.33 bits per heavy atom. The van der Waals surface area contributed by atoms with Gasteiger partial charge in [0.25, 0.3) is 0 Å². The summed E-state index contributed by atoms with van der Waals surface area (Å²) in [7, 11) is 0. The van der Waals surface area contributed by atoms with Crippen LogP contribution in [-0.4, -0.2) is 28.4 Å². The average Bonchev–Trinajstić information content (AvgIpc) is 2.30. The molecule has 0 bridgehead atoms.